The van der Waals surface area contributed by atoms with Crippen molar-refractivity contribution in [2.24, 2.45) is 0 Å². The largest absolute Gasteiger partial charge is 0.492 e. The van der Waals surface area contributed by atoms with E-state index in [-0.39, 0.29) is 17.4 Å². The van der Waals surface area contributed by atoms with Crippen molar-refractivity contribution in [1.82, 2.24) is 0 Å². The lowest BCUT2D eigenvalue weighted by Gasteiger charge is -2.08. The van der Waals surface area contributed by atoms with E-state index in [1.165, 1.54) is 14.2 Å². The fraction of sp³-hybridized carbons (Fsp3) is 0.333. The maximum atomic E-state index is 13.4. The number of hydrogen-bond acceptors (Lipinski definition) is 2. The Hall–Kier alpha value is -0.800. The number of methoxy groups -OCH3 is 2. The third-order valence-corrected chi connectivity index (χ3v) is 1.93. The minimum Gasteiger partial charge on any atom is -0.492 e. The summed E-state index contributed by atoms with van der Waals surface area (Å²) >= 11 is 5.70. The molecular weight excluding hydrogens is 195 g/mol. The Morgan fingerprint density at radius 3 is 2.62 bits per heavy atom. The quantitative estimate of drug-likeness (QED) is 0.754. The lowest BCUT2D eigenvalue weighted by atomic mass is 10.2. The molecule has 4 heteroatoms. The molecule has 0 N–H and O–H groups in total. The van der Waals surface area contributed by atoms with Crippen LogP contribution in [0.3, 0.4) is 0 Å². The number of rotatable bonds is 3. The number of ether oxygens (including phenoxy) is 2. The molecule has 13 heavy (non-hydrogen) atoms. The summed E-state index contributed by atoms with van der Waals surface area (Å²) in [7, 11) is 2.88. The number of halogens is 2. The first kappa shape index (κ1) is 10.3. The van der Waals surface area contributed by atoms with Crippen LogP contribution in [0, 0.1) is 5.82 Å². The molecule has 0 amide bonds. The maximum absolute atomic E-state index is 13.4. The predicted molar refractivity (Wildman–Crippen MR) is 48.7 cm³/mol. The van der Waals surface area contributed by atoms with Crippen molar-refractivity contribution in [3.05, 3.63) is 28.5 Å². The molecule has 1 rings (SSSR count). The van der Waals surface area contributed by atoms with E-state index >= 15 is 0 Å². The Morgan fingerprint density at radius 2 is 2.08 bits per heavy atom. The van der Waals surface area contributed by atoms with E-state index in [0.29, 0.717) is 5.56 Å². The highest BCUT2D eigenvalue weighted by molar-refractivity contribution is 6.32. The van der Waals surface area contributed by atoms with Gasteiger partial charge in [-0.15, -0.1) is 0 Å². The van der Waals surface area contributed by atoms with E-state index < -0.39 is 5.82 Å². The van der Waals surface area contributed by atoms with Gasteiger partial charge in [0.1, 0.15) is 0 Å². The van der Waals surface area contributed by atoms with E-state index in [9.17, 15) is 4.39 Å². The SMILES string of the molecule is COCc1ccc(Cl)c(OC)c1F. The van der Waals surface area contributed by atoms with Crippen LogP contribution in [0.15, 0.2) is 12.1 Å². The lowest BCUT2D eigenvalue weighted by molar-refractivity contribution is 0.180. The van der Waals surface area contributed by atoms with Crippen LogP contribution in [0.4, 0.5) is 4.39 Å². The summed E-state index contributed by atoms with van der Waals surface area (Å²) in [5.74, 6) is -0.395. The zero-order valence-electron chi connectivity index (χ0n) is 7.43. The summed E-state index contributed by atoms with van der Waals surface area (Å²) in [6.07, 6.45) is 0. The van der Waals surface area contributed by atoms with Gasteiger partial charge in [-0.2, -0.15) is 0 Å². The molecule has 1 aromatic carbocycles. The maximum Gasteiger partial charge on any atom is 0.173 e. The monoisotopic (exact) mass is 204 g/mol. The van der Waals surface area contributed by atoms with Gasteiger partial charge in [0.05, 0.1) is 18.7 Å². The van der Waals surface area contributed by atoms with Gasteiger partial charge in [0.15, 0.2) is 11.6 Å². The van der Waals surface area contributed by atoms with Crippen molar-refractivity contribution in [3.8, 4) is 5.75 Å². The molecule has 0 saturated heterocycles. The topological polar surface area (TPSA) is 18.5 Å². The Morgan fingerprint density at radius 1 is 1.38 bits per heavy atom. The first-order chi connectivity index (χ1) is 6.20. The Labute approximate surface area is 81.2 Å². The van der Waals surface area contributed by atoms with Crippen LogP contribution in [0.25, 0.3) is 0 Å². The van der Waals surface area contributed by atoms with E-state index in [1.807, 2.05) is 0 Å². The summed E-state index contributed by atoms with van der Waals surface area (Å²) in [4.78, 5) is 0. The fourth-order valence-electron chi connectivity index (χ4n) is 1.03. The highest BCUT2D eigenvalue weighted by Gasteiger charge is 2.12. The molecule has 0 heterocycles. The predicted octanol–water partition coefficient (Wildman–Crippen LogP) is 2.63. The van der Waals surface area contributed by atoms with Crippen molar-refractivity contribution in [1.29, 1.82) is 0 Å². The molecule has 0 atom stereocenters. The second-order valence-electron chi connectivity index (χ2n) is 2.49. The highest BCUT2D eigenvalue weighted by atomic mass is 35.5. The van der Waals surface area contributed by atoms with E-state index in [2.05, 4.69) is 0 Å². The normalized spacial score (nSPS) is 10.2. The van der Waals surface area contributed by atoms with Gasteiger partial charge in [-0.1, -0.05) is 17.7 Å². The summed E-state index contributed by atoms with van der Waals surface area (Å²) < 4.78 is 23.0. The first-order valence-electron chi connectivity index (χ1n) is 3.70. The second-order valence-corrected chi connectivity index (χ2v) is 2.89. The molecule has 0 spiro atoms. The molecule has 0 aromatic heterocycles. The molecular formula is C9H10ClFO2. The van der Waals surface area contributed by atoms with Crippen molar-refractivity contribution in [3.63, 3.8) is 0 Å². The average molecular weight is 205 g/mol. The van der Waals surface area contributed by atoms with Crippen LogP contribution < -0.4 is 4.74 Å². The molecule has 2 nitrogen and oxygen atoms in total. The minimum atomic E-state index is -0.461. The molecule has 0 aliphatic heterocycles. The van der Waals surface area contributed by atoms with E-state index in [0.717, 1.165) is 0 Å². The van der Waals surface area contributed by atoms with Crippen LogP contribution in [-0.4, -0.2) is 14.2 Å². The third-order valence-electron chi connectivity index (χ3n) is 1.63. The molecule has 72 valence electrons. The summed E-state index contributed by atoms with van der Waals surface area (Å²) in [5.41, 5.74) is 0.434. The zero-order valence-corrected chi connectivity index (χ0v) is 8.19. The van der Waals surface area contributed by atoms with Crippen LogP contribution >= 0.6 is 11.6 Å². The number of benzene rings is 1. The molecule has 0 unspecified atom stereocenters. The smallest absolute Gasteiger partial charge is 0.173 e. The van der Waals surface area contributed by atoms with Crippen molar-refractivity contribution in [2.45, 2.75) is 6.61 Å². The lowest BCUT2D eigenvalue weighted by Crippen LogP contribution is -1.97. The van der Waals surface area contributed by atoms with E-state index in [4.69, 9.17) is 21.1 Å². The van der Waals surface area contributed by atoms with Crippen LogP contribution in [0.5, 0.6) is 5.75 Å². The van der Waals surface area contributed by atoms with Gasteiger partial charge in [-0.3, -0.25) is 0 Å². The van der Waals surface area contributed by atoms with Crippen LogP contribution in [-0.2, 0) is 11.3 Å². The highest BCUT2D eigenvalue weighted by Crippen LogP contribution is 2.29. The molecule has 0 saturated carbocycles. The second kappa shape index (κ2) is 4.44. The Bertz CT molecular complexity index is 302. The van der Waals surface area contributed by atoms with Crippen molar-refractivity contribution in [2.75, 3.05) is 14.2 Å². The molecule has 0 aliphatic carbocycles. The van der Waals surface area contributed by atoms with Gasteiger partial charge in [0, 0.05) is 12.7 Å². The molecule has 0 radical (unpaired) electrons. The first-order valence-corrected chi connectivity index (χ1v) is 4.08. The summed E-state index contributed by atoms with van der Waals surface area (Å²) in [6.45, 7) is 0.208. The average Bonchev–Trinajstić information content (AvgIpc) is 2.11. The molecule has 0 fully saturated rings. The van der Waals surface area contributed by atoms with Gasteiger partial charge in [0.25, 0.3) is 0 Å². The summed E-state index contributed by atoms with van der Waals surface area (Å²) in [5, 5.41) is 0.264. The van der Waals surface area contributed by atoms with Gasteiger partial charge in [-0.05, 0) is 6.07 Å². The minimum absolute atomic E-state index is 0.0659. The van der Waals surface area contributed by atoms with Crippen LogP contribution in [0.2, 0.25) is 5.02 Å². The zero-order chi connectivity index (χ0) is 9.84. The van der Waals surface area contributed by atoms with Crippen molar-refractivity contribution >= 4 is 11.6 Å². The van der Waals surface area contributed by atoms with Crippen molar-refractivity contribution < 1.29 is 13.9 Å². The molecule has 0 bridgehead atoms. The fourth-order valence-corrected chi connectivity index (χ4v) is 1.25. The Balaban J connectivity index is 3.11. The standard InChI is InChI=1S/C9H10ClFO2/c1-12-5-6-3-4-7(10)9(13-2)8(6)11/h3-4H,5H2,1-2H3. The van der Waals surface area contributed by atoms with Gasteiger partial charge in [0.2, 0.25) is 0 Å². The molecule has 0 aliphatic rings. The van der Waals surface area contributed by atoms with E-state index in [1.54, 1.807) is 12.1 Å². The number of hydrogen-bond donors (Lipinski definition) is 0. The van der Waals surface area contributed by atoms with Gasteiger partial charge >= 0.3 is 0 Å². The third kappa shape index (κ3) is 2.11. The van der Waals surface area contributed by atoms with Gasteiger partial charge < -0.3 is 9.47 Å². The Kier molecular flexibility index (Phi) is 3.51. The van der Waals surface area contributed by atoms with Gasteiger partial charge in [-0.25, -0.2) is 4.39 Å². The summed E-state index contributed by atoms with van der Waals surface area (Å²) in [6, 6.07) is 3.15. The van der Waals surface area contributed by atoms with Crippen LogP contribution in [0.1, 0.15) is 5.56 Å². The molecule has 1 aromatic rings.